The zero-order valence-electron chi connectivity index (χ0n) is 16.3. The monoisotopic (exact) mass is 409 g/mol. The van der Waals surface area contributed by atoms with Crippen molar-refractivity contribution in [1.82, 2.24) is 5.32 Å². The van der Waals surface area contributed by atoms with Crippen LogP contribution in [0.2, 0.25) is 0 Å². The molecule has 154 valence electrons. The minimum Gasteiger partial charge on any atom is -0.453 e. The third-order valence-electron chi connectivity index (χ3n) is 4.63. The Kier molecular flexibility index (Phi) is 7.74. The van der Waals surface area contributed by atoms with E-state index in [2.05, 4.69) is 12.2 Å². The number of amides is 1. The van der Waals surface area contributed by atoms with E-state index in [0.29, 0.717) is 12.0 Å². The molecule has 1 fully saturated rings. The first-order valence-corrected chi connectivity index (χ1v) is 11.3. The van der Waals surface area contributed by atoms with Crippen LogP contribution in [-0.2, 0) is 30.6 Å². The van der Waals surface area contributed by atoms with Crippen molar-refractivity contribution in [3.63, 3.8) is 0 Å². The van der Waals surface area contributed by atoms with Crippen molar-refractivity contribution in [1.29, 1.82) is 0 Å². The van der Waals surface area contributed by atoms with Crippen LogP contribution in [0.1, 0.15) is 55.5 Å². The van der Waals surface area contributed by atoms with Crippen LogP contribution in [0.5, 0.6) is 0 Å². The van der Waals surface area contributed by atoms with Gasteiger partial charge in [0.2, 0.25) is 0 Å². The van der Waals surface area contributed by atoms with Crippen LogP contribution in [0.3, 0.4) is 0 Å². The molecule has 1 aliphatic rings. The maximum Gasteiger partial charge on any atom is 0.307 e. The SMILES string of the molecule is CCCc1ccc(C(=O)CCC(=O)O[C@@H](C)C(=O)N[C@H]2CCS(=O)(=O)C2)cc1. The highest BCUT2D eigenvalue weighted by Crippen LogP contribution is 2.13. The van der Waals surface area contributed by atoms with E-state index in [0.717, 1.165) is 18.4 Å². The molecular formula is C20H27NO6S. The van der Waals surface area contributed by atoms with Crippen LogP contribution in [0.4, 0.5) is 0 Å². The Morgan fingerprint density at radius 3 is 2.43 bits per heavy atom. The van der Waals surface area contributed by atoms with Gasteiger partial charge in [-0.15, -0.1) is 0 Å². The van der Waals surface area contributed by atoms with E-state index in [4.69, 9.17) is 4.74 Å². The number of ketones is 1. The lowest BCUT2D eigenvalue weighted by molar-refractivity contribution is -0.154. The Labute approximate surface area is 165 Å². The molecule has 0 spiro atoms. The fourth-order valence-corrected chi connectivity index (χ4v) is 4.72. The molecule has 0 radical (unpaired) electrons. The molecule has 1 aliphatic heterocycles. The first-order valence-electron chi connectivity index (χ1n) is 9.52. The van der Waals surface area contributed by atoms with Crippen molar-refractivity contribution in [3.05, 3.63) is 35.4 Å². The van der Waals surface area contributed by atoms with E-state index in [1.165, 1.54) is 6.92 Å². The average Bonchev–Trinajstić information content (AvgIpc) is 2.99. The van der Waals surface area contributed by atoms with Crippen molar-refractivity contribution in [3.8, 4) is 0 Å². The number of nitrogens with one attached hydrogen (secondary N) is 1. The van der Waals surface area contributed by atoms with Gasteiger partial charge in [0.1, 0.15) is 0 Å². The molecule has 7 nitrogen and oxygen atoms in total. The number of aryl methyl sites for hydroxylation is 1. The second kappa shape index (κ2) is 9.82. The number of esters is 1. The second-order valence-corrected chi connectivity index (χ2v) is 9.34. The number of carbonyl (C=O) groups excluding carboxylic acids is 3. The molecule has 0 bridgehead atoms. The predicted molar refractivity (Wildman–Crippen MR) is 105 cm³/mol. The Morgan fingerprint density at radius 2 is 1.86 bits per heavy atom. The Balaban J connectivity index is 1.75. The number of carbonyl (C=O) groups is 3. The summed E-state index contributed by atoms with van der Waals surface area (Å²) in [5.41, 5.74) is 1.70. The quantitative estimate of drug-likeness (QED) is 0.493. The topological polar surface area (TPSA) is 107 Å². The molecule has 0 aromatic heterocycles. The van der Waals surface area contributed by atoms with Crippen molar-refractivity contribution < 1.29 is 27.5 Å². The van der Waals surface area contributed by atoms with Crippen molar-refractivity contribution in [2.24, 2.45) is 0 Å². The summed E-state index contributed by atoms with van der Waals surface area (Å²) < 4.78 is 27.9. The van der Waals surface area contributed by atoms with E-state index in [1.807, 2.05) is 12.1 Å². The summed E-state index contributed by atoms with van der Waals surface area (Å²) >= 11 is 0. The molecule has 1 amide bonds. The van der Waals surface area contributed by atoms with Crippen LogP contribution in [0, 0.1) is 0 Å². The fourth-order valence-electron chi connectivity index (χ4n) is 3.04. The molecule has 1 saturated heterocycles. The van der Waals surface area contributed by atoms with Crippen molar-refractivity contribution >= 4 is 27.5 Å². The molecule has 2 atom stereocenters. The van der Waals surface area contributed by atoms with Gasteiger partial charge in [-0.2, -0.15) is 0 Å². The summed E-state index contributed by atoms with van der Waals surface area (Å²) in [6.45, 7) is 3.51. The van der Waals surface area contributed by atoms with Gasteiger partial charge in [0.05, 0.1) is 17.9 Å². The minimum atomic E-state index is -3.10. The maximum atomic E-state index is 12.2. The van der Waals surface area contributed by atoms with Gasteiger partial charge in [-0.3, -0.25) is 14.4 Å². The summed E-state index contributed by atoms with van der Waals surface area (Å²) in [5, 5.41) is 2.58. The molecule has 0 aliphatic carbocycles. The van der Waals surface area contributed by atoms with Gasteiger partial charge >= 0.3 is 5.97 Å². The van der Waals surface area contributed by atoms with E-state index in [9.17, 15) is 22.8 Å². The highest BCUT2D eigenvalue weighted by atomic mass is 32.2. The largest absolute Gasteiger partial charge is 0.453 e. The molecule has 1 heterocycles. The molecule has 1 N–H and O–H groups in total. The zero-order chi connectivity index (χ0) is 20.7. The third kappa shape index (κ3) is 6.74. The van der Waals surface area contributed by atoms with Gasteiger partial charge in [0.15, 0.2) is 21.7 Å². The van der Waals surface area contributed by atoms with E-state index >= 15 is 0 Å². The number of Topliss-reactive ketones (excluding diaryl/α,β-unsaturated/α-hetero) is 1. The normalized spacial score (nSPS) is 19.0. The van der Waals surface area contributed by atoms with Crippen molar-refractivity contribution in [2.75, 3.05) is 11.5 Å². The van der Waals surface area contributed by atoms with Gasteiger partial charge in [-0.1, -0.05) is 37.6 Å². The highest BCUT2D eigenvalue weighted by molar-refractivity contribution is 7.91. The lowest BCUT2D eigenvalue weighted by Crippen LogP contribution is -2.42. The minimum absolute atomic E-state index is 0.00116. The fraction of sp³-hybridized carbons (Fsp3) is 0.550. The second-order valence-electron chi connectivity index (χ2n) is 7.11. The molecule has 0 unspecified atom stereocenters. The first-order chi connectivity index (χ1) is 13.2. The summed E-state index contributed by atoms with van der Waals surface area (Å²) in [7, 11) is -3.10. The average molecular weight is 410 g/mol. The lowest BCUT2D eigenvalue weighted by atomic mass is 10.0. The Hall–Kier alpha value is -2.22. The number of hydrogen-bond acceptors (Lipinski definition) is 6. The number of sulfone groups is 1. The standard InChI is InChI=1S/C20H27NO6S/c1-3-4-15-5-7-16(8-6-15)18(22)9-10-19(23)27-14(2)20(24)21-17-11-12-28(25,26)13-17/h5-8,14,17H,3-4,9-13H2,1-2H3,(H,21,24)/t14-,17-/m0/s1. The summed E-state index contributed by atoms with van der Waals surface area (Å²) in [4.78, 5) is 36.1. The molecule has 0 saturated carbocycles. The van der Waals surface area contributed by atoms with Gasteiger partial charge in [-0.25, -0.2) is 8.42 Å². The smallest absolute Gasteiger partial charge is 0.307 e. The van der Waals surface area contributed by atoms with Crippen LogP contribution >= 0.6 is 0 Å². The number of hydrogen-bond donors (Lipinski definition) is 1. The maximum absolute atomic E-state index is 12.2. The Morgan fingerprint density at radius 1 is 1.18 bits per heavy atom. The van der Waals surface area contributed by atoms with Crippen LogP contribution in [-0.4, -0.2) is 49.7 Å². The van der Waals surface area contributed by atoms with Crippen LogP contribution < -0.4 is 5.32 Å². The summed E-state index contributed by atoms with van der Waals surface area (Å²) in [6, 6.07) is 6.88. The number of benzene rings is 1. The lowest BCUT2D eigenvalue weighted by Gasteiger charge is -2.16. The predicted octanol–water partition coefficient (Wildman–Crippen LogP) is 1.84. The molecule has 28 heavy (non-hydrogen) atoms. The van der Waals surface area contributed by atoms with E-state index in [-0.39, 0.29) is 30.1 Å². The highest BCUT2D eigenvalue weighted by Gasteiger charge is 2.30. The molecule has 1 aromatic carbocycles. The molecular weight excluding hydrogens is 382 g/mol. The van der Waals surface area contributed by atoms with Crippen molar-refractivity contribution in [2.45, 2.75) is 58.1 Å². The van der Waals surface area contributed by atoms with Gasteiger partial charge in [-0.05, 0) is 25.3 Å². The van der Waals surface area contributed by atoms with E-state index < -0.39 is 33.9 Å². The van der Waals surface area contributed by atoms with Gasteiger partial charge in [0, 0.05) is 18.0 Å². The molecule has 2 rings (SSSR count). The molecule has 1 aromatic rings. The van der Waals surface area contributed by atoms with Gasteiger partial charge in [0.25, 0.3) is 5.91 Å². The first kappa shape index (κ1) is 22.1. The number of rotatable bonds is 9. The summed E-state index contributed by atoms with van der Waals surface area (Å²) in [6.07, 6.45) is 1.18. The van der Waals surface area contributed by atoms with Gasteiger partial charge < -0.3 is 10.1 Å². The molecule has 8 heteroatoms. The van der Waals surface area contributed by atoms with E-state index in [1.54, 1.807) is 12.1 Å². The Bertz CT molecular complexity index is 816. The van der Waals surface area contributed by atoms with Crippen LogP contribution in [0.15, 0.2) is 24.3 Å². The van der Waals surface area contributed by atoms with Crippen LogP contribution in [0.25, 0.3) is 0 Å². The number of ether oxygens (including phenoxy) is 1. The zero-order valence-corrected chi connectivity index (χ0v) is 17.1. The summed E-state index contributed by atoms with van der Waals surface area (Å²) in [5.74, 6) is -1.38. The third-order valence-corrected chi connectivity index (χ3v) is 6.39.